The Morgan fingerprint density at radius 1 is 1.32 bits per heavy atom. The Hall–Kier alpha value is -2.41. The number of ether oxygens (including phenoxy) is 1. The zero-order valence-corrected chi connectivity index (χ0v) is 12.7. The van der Waals surface area contributed by atoms with E-state index in [0.29, 0.717) is 17.9 Å². The van der Waals surface area contributed by atoms with Gasteiger partial charge in [-0.15, -0.1) is 0 Å². The molecular weight excluding hydrogens is 302 g/mol. The molecule has 0 bridgehead atoms. The second-order valence-corrected chi connectivity index (χ2v) is 5.18. The number of para-hydroxylation sites is 1. The number of hydrazine groups is 1. The van der Waals surface area contributed by atoms with Crippen molar-refractivity contribution in [2.45, 2.75) is 12.8 Å². The summed E-state index contributed by atoms with van der Waals surface area (Å²) in [6.07, 6.45) is 3.36. The van der Waals surface area contributed by atoms with Crippen molar-refractivity contribution in [3.05, 3.63) is 42.5 Å². The minimum Gasteiger partial charge on any atom is -0.489 e. The highest BCUT2D eigenvalue weighted by Gasteiger charge is 2.30. The van der Waals surface area contributed by atoms with Gasteiger partial charge in [0.05, 0.1) is 5.56 Å². The van der Waals surface area contributed by atoms with Crippen molar-refractivity contribution >= 4 is 29.1 Å². The summed E-state index contributed by atoms with van der Waals surface area (Å²) in [4.78, 5) is 23.6. The molecule has 0 heterocycles. The van der Waals surface area contributed by atoms with Crippen LogP contribution < -0.4 is 20.9 Å². The number of carbonyl (C=O) groups is 2. The minimum absolute atomic E-state index is 0.0449. The van der Waals surface area contributed by atoms with E-state index in [9.17, 15) is 9.59 Å². The summed E-state index contributed by atoms with van der Waals surface area (Å²) in [5.41, 5.74) is 5.29. The Kier molecular flexibility index (Phi) is 5.48. The van der Waals surface area contributed by atoms with E-state index >= 15 is 0 Å². The first-order chi connectivity index (χ1) is 10.6. The Balaban J connectivity index is 1.87. The fourth-order valence-electron chi connectivity index (χ4n) is 1.70. The van der Waals surface area contributed by atoms with Crippen LogP contribution in [0.4, 0.5) is 0 Å². The Morgan fingerprint density at radius 3 is 2.73 bits per heavy atom. The second-order valence-electron chi connectivity index (χ2n) is 4.77. The van der Waals surface area contributed by atoms with E-state index in [1.165, 1.54) is 0 Å². The molecule has 1 aromatic carbocycles. The van der Waals surface area contributed by atoms with E-state index in [0.717, 1.165) is 12.8 Å². The molecule has 0 radical (unpaired) electrons. The molecule has 2 rings (SSSR count). The van der Waals surface area contributed by atoms with Gasteiger partial charge < -0.3 is 10.1 Å². The highest BCUT2D eigenvalue weighted by atomic mass is 32.1. The van der Waals surface area contributed by atoms with Crippen LogP contribution in [0.3, 0.4) is 0 Å². The number of rotatable bonds is 5. The molecule has 6 nitrogen and oxygen atoms in total. The topological polar surface area (TPSA) is 79.5 Å². The summed E-state index contributed by atoms with van der Waals surface area (Å²) in [5, 5.41) is 2.58. The van der Waals surface area contributed by atoms with E-state index in [-0.39, 0.29) is 16.9 Å². The van der Waals surface area contributed by atoms with Gasteiger partial charge in [-0.05, 0) is 37.2 Å². The number of hydrogen-bond acceptors (Lipinski definition) is 4. The van der Waals surface area contributed by atoms with Crippen LogP contribution in [0.1, 0.15) is 23.2 Å². The van der Waals surface area contributed by atoms with Crippen LogP contribution in [0, 0.1) is 5.92 Å². The van der Waals surface area contributed by atoms with Gasteiger partial charge in [-0.2, -0.15) is 0 Å². The average Bonchev–Trinajstić information content (AvgIpc) is 3.35. The van der Waals surface area contributed by atoms with Crippen molar-refractivity contribution in [1.82, 2.24) is 16.2 Å². The van der Waals surface area contributed by atoms with E-state index in [2.05, 4.69) is 22.7 Å². The maximum absolute atomic E-state index is 12.1. The van der Waals surface area contributed by atoms with Crippen LogP contribution in [0.2, 0.25) is 0 Å². The largest absolute Gasteiger partial charge is 0.489 e. The average molecular weight is 319 g/mol. The van der Waals surface area contributed by atoms with Crippen LogP contribution in [0.5, 0.6) is 5.75 Å². The van der Waals surface area contributed by atoms with Gasteiger partial charge in [-0.25, -0.2) is 0 Å². The first-order valence-corrected chi connectivity index (χ1v) is 7.26. The number of nitrogens with one attached hydrogen (secondary N) is 3. The standard InChI is InChI=1S/C15H17N3O3S/c1-2-9-21-12-6-4-3-5-11(12)14(20)17-18-15(22)16-13(19)10-7-8-10/h2-6,10H,1,7-9H2,(H,17,20)(H2,16,18,19,22). The van der Waals surface area contributed by atoms with Crippen LogP contribution >= 0.6 is 12.2 Å². The number of hydrogen-bond donors (Lipinski definition) is 3. The Labute approximate surface area is 133 Å². The predicted octanol–water partition coefficient (Wildman–Crippen LogP) is 1.30. The lowest BCUT2D eigenvalue weighted by Crippen LogP contribution is -2.48. The van der Waals surface area contributed by atoms with Crippen LogP contribution in [0.25, 0.3) is 0 Å². The third kappa shape index (κ3) is 4.56. The van der Waals surface area contributed by atoms with Gasteiger partial charge in [0.25, 0.3) is 5.91 Å². The molecular formula is C15H17N3O3S. The normalized spacial score (nSPS) is 12.9. The van der Waals surface area contributed by atoms with E-state index in [4.69, 9.17) is 17.0 Å². The summed E-state index contributed by atoms with van der Waals surface area (Å²) in [7, 11) is 0. The molecule has 1 aromatic rings. The lowest BCUT2D eigenvalue weighted by Gasteiger charge is -2.12. The molecule has 1 aliphatic rings. The van der Waals surface area contributed by atoms with Crippen molar-refractivity contribution in [2.24, 2.45) is 5.92 Å². The first kappa shape index (κ1) is 16.0. The van der Waals surface area contributed by atoms with Gasteiger partial charge in [0.2, 0.25) is 5.91 Å². The SMILES string of the molecule is C=CCOc1ccccc1C(=O)NNC(=S)NC(=O)C1CC1. The molecule has 3 N–H and O–H groups in total. The van der Waals surface area contributed by atoms with Gasteiger partial charge in [0, 0.05) is 5.92 Å². The van der Waals surface area contributed by atoms with Gasteiger partial charge in [-0.3, -0.25) is 20.4 Å². The maximum atomic E-state index is 12.1. The molecule has 1 fully saturated rings. The van der Waals surface area contributed by atoms with Crippen LogP contribution in [-0.4, -0.2) is 23.5 Å². The van der Waals surface area contributed by atoms with E-state index in [1.807, 2.05) is 0 Å². The van der Waals surface area contributed by atoms with Crippen molar-refractivity contribution in [2.75, 3.05) is 6.61 Å². The molecule has 0 unspecified atom stereocenters. The van der Waals surface area contributed by atoms with Gasteiger partial charge in [0.1, 0.15) is 12.4 Å². The van der Waals surface area contributed by atoms with Crippen LogP contribution in [0.15, 0.2) is 36.9 Å². The smallest absolute Gasteiger partial charge is 0.273 e. The highest BCUT2D eigenvalue weighted by Crippen LogP contribution is 2.28. The summed E-state index contributed by atoms with van der Waals surface area (Å²) in [6, 6.07) is 6.80. The van der Waals surface area contributed by atoms with Crippen molar-refractivity contribution in [1.29, 1.82) is 0 Å². The Morgan fingerprint density at radius 2 is 2.05 bits per heavy atom. The number of amides is 2. The van der Waals surface area contributed by atoms with E-state index in [1.54, 1.807) is 30.3 Å². The summed E-state index contributed by atoms with van der Waals surface area (Å²) < 4.78 is 5.41. The lowest BCUT2D eigenvalue weighted by molar-refractivity contribution is -0.120. The van der Waals surface area contributed by atoms with Gasteiger partial charge >= 0.3 is 0 Å². The lowest BCUT2D eigenvalue weighted by atomic mass is 10.2. The molecule has 0 aromatic heterocycles. The molecule has 2 amide bonds. The highest BCUT2D eigenvalue weighted by molar-refractivity contribution is 7.80. The summed E-state index contributed by atoms with van der Waals surface area (Å²) in [6.45, 7) is 3.86. The quantitative estimate of drug-likeness (QED) is 0.433. The molecule has 7 heteroatoms. The van der Waals surface area contributed by atoms with E-state index < -0.39 is 5.91 Å². The zero-order chi connectivity index (χ0) is 15.9. The molecule has 0 atom stereocenters. The third-order valence-corrected chi connectivity index (χ3v) is 3.17. The van der Waals surface area contributed by atoms with Crippen molar-refractivity contribution in [3.63, 3.8) is 0 Å². The fourth-order valence-corrected chi connectivity index (χ4v) is 1.85. The molecule has 0 saturated heterocycles. The van der Waals surface area contributed by atoms with Crippen molar-refractivity contribution in [3.8, 4) is 5.75 Å². The first-order valence-electron chi connectivity index (χ1n) is 6.85. The van der Waals surface area contributed by atoms with Gasteiger partial charge in [0.15, 0.2) is 5.11 Å². The number of carbonyl (C=O) groups excluding carboxylic acids is 2. The minimum atomic E-state index is -0.414. The number of benzene rings is 1. The Bertz CT molecular complexity index is 599. The van der Waals surface area contributed by atoms with Crippen LogP contribution in [-0.2, 0) is 4.79 Å². The summed E-state index contributed by atoms with van der Waals surface area (Å²) in [5.74, 6) is -0.0535. The monoisotopic (exact) mass is 319 g/mol. The second kappa shape index (κ2) is 7.56. The maximum Gasteiger partial charge on any atom is 0.273 e. The van der Waals surface area contributed by atoms with Gasteiger partial charge in [-0.1, -0.05) is 24.8 Å². The number of thiocarbonyl (C=S) groups is 1. The molecule has 116 valence electrons. The molecule has 22 heavy (non-hydrogen) atoms. The third-order valence-electron chi connectivity index (χ3n) is 2.96. The molecule has 1 saturated carbocycles. The predicted molar refractivity (Wildman–Crippen MR) is 86.2 cm³/mol. The zero-order valence-electron chi connectivity index (χ0n) is 11.9. The fraction of sp³-hybridized carbons (Fsp3) is 0.267. The molecule has 1 aliphatic carbocycles. The molecule has 0 aliphatic heterocycles. The summed E-state index contributed by atoms with van der Waals surface area (Å²) >= 11 is 4.95. The van der Waals surface area contributed by atoms with Crippen molar-refractivity contribution < 1.29 is 14.3 Å². The molecule has 0 spiro atoms.